The molecule has 1 heterocycles. The molecule has 0 bridgehead atoms. The molecule has 1 aromatic carbocycles. The van der Waals surface area contributed by atoms with Gasteiger partial charge in [0.2, 0.25) is 0 Å². The second kappa shape index (κ2) is 3.92. The number of aryl methyl sites for hydroxylation is 1. The molecule has 2 rings (SSSR count). The fourth-order valence-corrected chi connectivity index (χ4v) is 2.40. The summed E-state index contributed by atoms with van der Waals surface area (Å²) in [6.07, 6.45) is -0.0520. The summed E-state index contributed by atoms with van der Waals surface area (Å²) >= 11 is 0. The number of epoxide rings is 1. The van der Waals surface area contributed by atoms with Crippen LogP contribution in [0, 0.1) is 6.92 Å². The van der Waals surface area contributed by atoms with E-state index in [0.29, 0.717) is 12.2 Å². The highest BCUT2D eigenvalue weighted by Gasteiger charge is 2.27. The molecule has 0 aliphatic carbocycles. The zero-order valence-electron chi connectivity index (χ0n) is 8.34. The van der Waals surface area contributed by atoms with Gasteiger partial charge in [0, 0.05) is 0 Å². The summed E-state index contributed by atoms with van der Waals surface area (Å²) in [6, 6.07) is 6.75. The van der Waals surface area contributed by atoms with Gasteiger partial charge in [0.25, 0.3) is 10.1 Å². The monoisotopic (exact) mass is 228 g/mol. The SMILES string of the molecule is Cc1ccccc1S(=O)(=O)OC[C@@H]1CO1. The highest BCUT2D eigenvalue weighted by atomic mass is 32.2. The minimum Gasteiger partial charge on any atom is -0.371 e. The predicted octanol–water partition coefficient (Wildman–Crippen LogP) is 1.10. The zero-order valence-corrected chi connectivity index (χ0v) is 9.16. The third-order valence-electron chi connectivity index (χ3n) is 2.17. The van der Waals surface area contributed by atoms with E-state index in [0.717, 1.165) is 0 Å². The van der Waals surface area contributed by atoms with Crippen LogP contribution < -0.4 is 0 Å². The highest BCUT2D eigenvalue weighted by molar-refractivity contribution is 7.86. The van der Waals surface area contributed by atoms with Gasteiger partial charge in [-0.1, -0.05) is 18.2 Å². The number of hydrogen-bond donors (Lipinski definition) is 0. The van der Waals surface area contributed by atoms with E-state index in [4.69, 9.17) is 8.92 Å². The van der Waals surface area contributed by atoms with Gasteiger partial charge in [0.1, 0.15) is 6.10 Å². The molecule has 1 fully saturated rings. The molecule has 1 aliphatic heterocycles. The van der Waals surface area contributed by atoms with Crippen LogP contribution in [0.5, 0.6) is 0 Å². The van der Waals surface area contributed by atoms with E-state index in [1.54, 1.807) is 31.2 Å². The van der Waals surface area contributed by atoms with Gasteiger partial charge in [0.15, 0.2) is 0 Å². The molecule has 1 aromatic rings. The molecular weight excluding hydrogens is 216 g/mol. The van der Waals surface area contributed by atoms with Gasteiger partial charge in [-0.3, -0.25) is 4.18 Å². The Morgan fingerprint density at radius 1 is 1.47 bits per heavy atom. The normalized spacial score (nSPS) is 20.2. The molecule has 0 amide bonds. The quantitative estimate of drug-likeness (QED) is 0.572. The van der Waals surface area contributed by atoms with Crippen LogP contribution in [0.4, 0.5) is 0 Å². The Morgan fingerprint density at radius 3 is 2.73 bits per heavy atom. The fraction of sp³-hybridized carbons (Fsp3) is 0.400. The van der Waals surface area contributed by atoms with E-state index in [2.05, 4.69) is 0 Å². The van der Waals surface area contributed by atoms with E-state index in [-0.39, 0.29) is 17.6 Å². The van der Waals surface area contributed by atoms with Crippen molar-refractivity contribution in [2.75, 3.05) is 13.2 Å². The van der Waals surface area contributed by atoms with Crippen molar-refractivity contribution < 1.29 is 17.3 Å². The van der Waals surface area contributed by atoms with Crippen molar-refractivity contribution in [3.8, 4) is 0 Å². The van der Waals surface area contributed by atoms with E-state index in [1.807, 2.05) is 0 Å². The molecule has 82 valence electrons. The molecular formula is C10H12O4S. The van der Waals surface area contributed by atoms with E-state index in [1.165, 1.54) is 0 Å². The summed E-state index contributed by atoms with van der Waals surface area (Å²) < 4.78 is 33.2. The lowest BCUT2D eigenvalue weighted by molar-refractivity contribution is 0.266. The van der Waals surface area contributed by atoms with Crippen LogP contribution in [-0.2, 0) is 19.0 Å². The molecule has 1 atom stereocenters. The van der Waals surface area contributed by atoms with Crippen LogP contribution in [0.2, 0.25) is 0 Å². The van der Waals surface area contributed by atoms with Gasteiger partial charge >= 0.3 is 0 Å². The van der Waals surface area contributed by atoms with Gasteiger partial charge in [-0.05, 0) is 18.6 Å². The lowest BCUT2D eigenvalue weighted by atomic mass is 10.2. The maximum absolute atomic E-state index is 11.7. The average Bonchev–Trinajstić information content (AvgIpc) is 2.99. The first-order valence-corrected chi connectivity index (χ1v) is 6.07. The Balaban J connectivity index is 2.16. The molecule has 5 heteroatoms. The Hall–Kier alpha value is -0.910. The Kier molecular flexibility index (Phi) is 2.77. The third-order valence-corrected chi connectivity index (χ3v) is 3.62. The Bertz CT molecular complexity index is 448. The molecule has 0 spiro atoms. The van der Waals surface area contributed by atoms with Crippen LogP contribution in [-0.4, -0.2) is 27.7 Å². The van der Waals surface area contributed by atoms with Gasteiger partial charge in [-0.15, -0.1) is 0 Å². The number of rotatable bonds is 4. The average molecular weight is 228 g/mol. The van der Waals surface area contributed by atoms with E-state index < -0.39 is 10.1 Å². The van der Waals surface area contributed by atoms with Crippen molar-refractivity contribution in [3.63, 3.8) is 0 Å². The number of benzene rings is 1. The van der Waals surface area contributed by atoms with Gasteiger partial charge in [0.05, 0.1) is 18.1 Å². The van der Waals surface area contributed by atoms with Crippen LogP contribution >= 0.6 is 0 Å². The van der Waals surface area contributed by atoms with Gasteiger partial charge < -0.3 is 4.74 Å². The highest BCUT2D eigenvalue weighted by Crippen LogP contribution is 2.19. The topological polar surface area (TPSA) is 55.9 Å². The van der Waals surface area contributed by atoms with Crippen molar-refractivity contribution in [3.05, 3.63) is 29.8 Å². The molecule has 0 N–H and O–H groups in total. The number of hydrogen-bond acceptors (Lipinski definition) is 4. The molecule has 4 nitrogen and oxygen atoms in total. The fourth-order valence-electron chi connectivity index (χ4n) is 1.23. The van der Waals surface area contributed by atoms with Crippen LogP contribution in [0.3, 0.4) is 0 Å². The minimum atomic E-state index is -3.63. The third kappa shape index (κ3) is 2.56. The molecule has 15 heavy (non-hydrogen) atoms. The molecule has 1 saturated heterocycles. The van der Waals surface area contributed by atoms with Crippen molar-refractivity contribution in [2.24, 2.45) is 0 Å². The summed E-state index contributed by atoms with van der Waals surface area (Å²) in [5, 5.41) is 0. The zero-order chi connectivity index (χ0) is 10.9. The van der Waals surface area contributed by atoms with Crippen molar-refractivity contribution >= 4 is 10.1 Å². The molecule has 0 saturated carbocycles. The molecule has 1 aliphatic rings. The maximum Gasteiger partial charge on any atom is 0.297 e. The first kappa shape index (κ1) is 10.6. The van der Waals surface area contributed by atoms with Crippen molar-refractivity contribution in [2.45, 2.75) is 17.9 Å². The first-order chi connectivity index (χ1) is 7.09. The standard InChI is InChI=1S/C10H12O4S/c1-8-4-2-3-5-10(8)15(11,12)14-7-9-6-13-9/h2-5,9H,6-7H2,1H3/t9-/m0/s1. The molecule has 0 unspecified atom stereocenters. The van der Waals surface area contributed by atoms with Gasteiger partial charge in [-0.25, -0.2) is 0 Å². The summed E-state index contributed by atoms with van der Waals surface area (Å²) in [7, 11) is -3.63. The largest absolute Gasteiger partial charge is 0.371 e. The first-order valence-electron chi connectivity index (χ1n) is 4.66. The number of ether oxygens (including phenoxy) is 1. The van der Waals surface area contributed by atoms with Crippen LogP contribution in [0.1, 0.15) is 5.56 Å². The summed E-state index contributed by atoms with van der Waals surface area (Å²) in [6.45, 7) is 2.43. The van der Waals surface area contributed by atoms with Crippen molar-refractivity contribution in [1.82, 2.24) is 0 Å². The summed E-state index contributed by atoms with van der Waals surface area (Å²) in [5.74, 6) is 0. The summed E-state index contributed by atoms with van der Waals surface area (Å²) in [4.78, 5) is 0.227. The van der Waals surface area contributed by atoms with Crippen LogP contribution in [0.15, 0.2) is 29.2 Å². The Labute approximate surface area is 88.9 Å². The second-order valence-electron chi connectivity index (χ2n) is 3.46. The smallest absolute Gasteiger partial charge is 0.297 e. The van der Waals surface area contributed by atoms with Crippen LogP contribution in [0.25, 0.3) is 0 Å². The molecule has 0 aromatic heterocycles. The maximum atomic E-state index is 11.7. The Morgan fingerprint density at radius 2 is 2.13 bits per heavy atom. The van der Waals surface area contributed by atoms with Crippen molar-refractivity contribution in [1.29, 1.82) is 0 Å². The van der Waals surface area contributed by atoms with Gasteiger partial charge in [-0.2, -0.15) is 8.42 Å². The lowest BCUT2D eigenvalue weighted by Gasteiger charge is -2.06. The van der Waals surface area contributed by atoms with E-state index in [9.17, 15) is 8.42 Å². The van der Waals surface area contributed by atoms with E-state index >= 15 is 0 Å². The summed E-state index contributed by atoms with van der Waals surface area (Å²) in [5.41, 5.74) is 0.689. The lowest BCUT2D eigenvalue weighted by Crippen LogP contribution is -2.11. The second-order valence-corrected chi connectivity index (χ2v) is 5.04. The predicted molar refractivity (Wildman–Crippen MR) is 54.1 cm³/mol. The molecule has 0 radical (unpaired) electrons. The minimum absolute atomic E-state index is 0.0520.